The Balaban J connectivity index is 2.15. The Hall–Kier alpha value is -0.620. The first-order valence-corrected chi connectivity index (χ1v) is 4.29. The summed E-state index contributed by atoms with van der Waals surface area (Å²) in [5.74, 6) is -0.478. The highest BCUT2D eigenvalue weighted by Gasteiger charge is 2.29. The van der Waals surface area contributed by atoms with Crippen molar-refractivity contribution in [3.63, 3.8) is 0 Å². The molecule has 0 N–H and O–H groups in total. The van der Waals surface area contributed by atoms with E-state index < -0.39 is 31.1 Å². The van der Waals surface area contributed by atoms with Crippen LogP contribution in [0.3, 0.4) is 0 Å². The number of hydrogen-bond acceptors (Lipinski definition) is 3. The van der Waals surface area contributed by atoms with Gasteiger partial charge in [0, 0.05) is 6.42 Å². The summed E-state index contributed by atoms with van der Waals surface area (Å²) in [6.07, 6.45) is -6.57. The molecular weight excluding hydrogens is 201 g/mol. The molecule has 0 aromatic rings. The van der Waals surface area contributed by atoms with Crippen molar-refractivity contribution in [3.8, 4) is 0 Å². The van der Waals surface area contributed by atoms with Crippen molar-refractivity contribution < 1.29 is 27.4 Å². The highest BCUT2D eigenvalue weighted by molar-refractivity contribution is 5.78. The quantitative estimate of drug-likeness (QED) is 0.710. The minimum Gasteiger partial charge on any atom is -0.350 e. The van der Waals surface area contributed by atoms with Crippen molar-refractivity contribution in [1.82, 2.24) is 0 Å². The highest BCUT2D eigenvalue weighted by atomic mass is 19.4. The van der Waals surface area contributed by atoms with Gasteiger partial charge in [-0.3, -0.25) is 4.79 Å². The molecule has 0 aromatic carbocycles. The molecule has 0 amide bonds. The SMILES string of the molecule is O=C(CCC(F)(F)F)CC1OCCO1. The van der Waals surface area contributed by atoms with Crippen LogP contribution in [-0.2, 0) is 14.3 Å². The molecular formula is C8H11F3O3. The smallest absolute Gasteiger partial charge is 0.350 e. The fourth-order valence-electron chi connectivity index (χ4n) is 1.09. The van der Waals surface area contributed by atoms with Gasteiger partial charge >= 0.3 is 6.18 Å². The van der Waals surface area contributed by atoms with Crippen molar-refractivity contribution in [2.75, 3.05) is 13.2 Å². The van der Waals surface area contributed by atoms with Gasteiger partial charge < -0.3 is 9.47 Å². The number of carbonyl (C=O) groups excluding carboxylic acids is 1. The Morgan fingerprint density at radius 2 is 1.86 bits per heavy atom. The van der Waals surface area contributed by atoms with Crippen LogP contribution in [-0.4, -0.2) is 31.5 Å². The topological polar surface area (TPSA) is 35.5 Å². The Bertz CT molecular complexity index is 196. The van der Waals surface area contributed by atoms with E-state index in [4.69, 9.17) is 9.47 Å². The fraction of sp³-hybridized carbons (Fsp3) is 0.875. The number of ketones is 1. The van der Waals surface area contributed by atoms with Gasteiger partial charge in [-0.15, -0.1) is 0 Å². The molecule has 3 nitrogen and oxygen atoms in total. The zero-order chi connectivity index (χ0) is 10.6. The number of halogens is 3. The minimum absolute atomic E-state index is 0.0872. The molecule has 14 heavy (non-hydrogen) atoms. The average Bonchev–Trinajstić information content (AvgIpc) is 2.52. The van der Waals surface area contributed by atoms with Crippen LogP contribution in [0, 0.1) is 0 Å². The number of hydrogen-bond donors (Lipinski definition) is 0. The van der Waals surface area contributed by atoms with Crippen LogP contribution in [0.2, 0.25) is 0 Å². The van der Waals surface area contributed by atoms with Gasteiger partial charge in [0.05, 0.1) is 26.1 Å². The first-order chi connectivity index (χ1) is 6.47. The predicted octanol–water partition coefficient (Wildman–Crippen LogP) is 1.66. The van der Waals surface area contributed by atoms with Crippen molar-refractivity contribution in [2.45, 2.75) is 31.7 Å². The van der Waals surface area contributed by atoms with Crippen molar-refractivity contribution in [1.29, 1.82) is 0 Å². The van der Waals surface area contributed by atoms with E-state index >= 15 is 0 Å². The monoisotopic (exact) mass is 212 g/mol. The van der Waals surface area contributed by atoms with Crippen LogP contribution in [0.5, 0.6) is 0 Å². The standard InChI is InChI=1S/C8H11F3O3/c9-8(10,11)2-1-6(12)5-7-13-3-4-14-7/h7H,1-5H2. The van der Waals surface area contributed by atoms with Crippen LogP contribution in [0.4, 0.5) is 13.2 Å². The number of carbonyl (C=O) groups is 1. The number of alkyl halides is 3. The third-order valence-electron chi connectivity index (χ3n) is 1.77. The van der Waals surface area contributed by atoms with Gasteiger partial charge in [0.2, 0.25) is 0 Å². The molecule has 0 unspecified atom stereocenters. The van der Waals surface area contributed by atoms with E-state index in [1.807, 2.05) is 0 Å². The summed E-state index contributed by atoms with van der Waals surface area (Å²) in [5.41, 5.74) is 0. The molecule has 6 heteroatoms. The van der Waals surface area contributed by atoms with Crippen LogP contribution in [0.15, 0.2) is 0 Å². The van der Waals surface area contributed by atoms with Crippen molar-refractivity contribution in [2.24, 2.45) is 0 Å². The van der Waals surface area contributed by atoms with Gasteiger partial charge in [0.25, 0.3) is 0 Å². The largest absolute Gasteiger partial charge is 0.389 e. The number of rotatable bonds is 4. The van der Waals surface area contributed by atoms with Crippen molar-refractivity contribution in [3.05, 3.63) is 0 Å². The normalized spacial score (nSPS) is 18.8. The van der Waals surface area contributed by atoms with Gasteiger partial charge in [-0.1, -0.05) is 0 Å². The first kappa shape index (κ1) is 11.5. The van der Waals surface area contributed by atoms with Gasteiger partial charge in [-0.2, -0.15) is 13.2 Å². The second-order valence-electron chi connectivity index (χ2n) is 3.03. The van der Waals surface area contributed by atoms with Crippen molar-refractivity contribution >= 4 is 5.78 Å². The summed E-state index contributed by atoms with van der Waals surface area (Å²) >= 11 is 0. The Kier molecular flexibility index (Phi) is 3.88. The van der Waals surface area contributed by atoms with Gasteiger partial charge in [0.15, 0.2) is 6.29 Å². The van der Waals surface area contributed by atoms with Crippen LogP contribution in [0.25, 0.3) is 0 Å². The summed E-state index contributed by atoms with van der Waals surface area (Å²) in [6, 6.07) is 0. The molecule has 1 aliphatic rings. The molecule has 0 bridgehead atoms. The van der Waals surface area contributed by atoms with Gasteiger partial charge in [0.1, 0.15) is 5.78 Å². The van der Waals surface area contributed by atoms with E-state index in [0.717, 1.165) is 0 Å². The molecule has 82 valence electrons. The summed E-state index contributed by atoms with van der Waals surface area (Å²) in [6.45, 7) is 0.800. The first-order valence-electron chi connectivity index (χ1n) is 4.29. The maximum absolute atomic E-state index is 11.7. The summed E-state index contributed by atoms with van der Waals surface area (Å²) in [4.78, 5) is 11.0. The van der Waals surface area contributed by atoms with Crippen LogP contribution in [0.1, 0.15) is 19.3 Å². The summed E-state index contributed by atoms with van der Waals surface area (Å²) in [7, 11) is 0. The van der Waals surface area contributed by atoms with E-state index in [9.17, 15) is 18.0 Å². The zero-order valence-electron chi connectivity index (χ0n) is 7.47. The Morgan fingerprint density at radius 1 is 1.29 bits per heavy atom. The predicted molar refractivity (Wildman–Crippen MR) is 40.6 cm³/mol. The van der Waals surface area contributed by atoms with E-state index in [2.05, 4.69) is 0 Å². The van der Waals surface area contributed by atoms with E-state index in [1.54, 1.807) is 0 Å². The highest BCUT2D eigenvalue weighted by Crippen LogP contribution is 2.22. The van der Waals surface area contributed by atoms with Crippen LogP contribution >= 0.6 is 0 Å². The van der Waals surface area contributed by atoms with Gasteiger partial charge in [-0.25, -0.2) is 0 Å². The molecule has 1 aliphatic heterocycles. The molecule has 1 saturated heterocycles. The lowest BCUT2D eigenvalue weighted by Crippen LogP contribution is -2.17. The molecule has 0 spiro atoms. The summed E-state index contributed by atoms with van der Waals surface area (Å²) < 4.78 is 45.0. The maximum Gasteiger partial charge on any atom is 0.389 e. The summed E-state index contributed by atoms with van der Waals surface area (Å²) in [5, 5.41) is 0. The van der Waals surface area contributed by atoms with E-state index in [1.165, 1.54) is 0 Å². The maximum atomic E-state index is 11.7. The lowest BCUT2D eigenvalue weighted by Gasteiger charge is -2.08. The molecule has 0 saturated carbocycles. The number of ether oxygens (including phenoxy) is 2. The van der Waals surface area contributed by atoms with Gasteiger partial charge in [-0.05, 0) is 0 Å². The molecule has 1 rings (SSSR count). The molecule has 0 radical (unpaired) electrons. The Morgan fingerprint density at radius 3 is 2.36 bits per heavy atom. The molecule has 0 atom stereocenters. The molecule has 1 fully saturated rings. The minimum atomic E-state index is -4.27. The molecule has 1 heterocycles. The second-order valence-corrected chi connectivity index (χ2v) is 3.03. The zero-order valence-corrected chi connectivity index (χ0v) is 7.47. The number of Topliss-reactive ketones (excluding diaryl/α,β-unsaturated/α-hetero) is 1. The average molecular weight is 212 g/mol. The van der Waals surface area contributed by atoms with E-state index in [-0.39, 0.29) is 6.42 Å². The lowest BCUT2D eigenvalue weighted by molar-refractivity contribution is -0.146. The second kappa shape index (κ2) is 4.75. The van der Waals surface area contributed by atoms with E-state index in [0.29, 0.717) is 13.2 Å². The molecule has 0 aliphatic carbocycles. The Labute approximate surface area is 79.2 Å². The third-order valence-corrected chi connectivity index (χ3v) is 1.77. The van der Waals surface area contributed by atoms with Crippen LogP contribution < -0.4 is 0 Å². The fourth-order valence-corrected chi connectivity index (χ4v) is 1.09. The third kappa shape index (κ3) is 4.57. The molecule has 0 aromatic heterocycles. The lowest BCUT2D eigenvalue weighted by atomic mass is 10.1.